The average molecular weight is 328 g/mol. The summed E-state index contributed by atoms with van der Waals surface area (Å²) in [5, 5.41) is 2.70. The number of rotatable bonds is 3. The van der Waals surface area contributed by atoms with Gasteiger partial charge in [-0.3, -0.25) is 0 Å². The van der Waals surface area contributed by atoms with Gasteiger partial charge in [0, 0.05) is 19.0 Å². The molecule has 0 aliphatic carbocycles. The van der Waals surface area contributed by atoms with Crippen molar-refractivity contribution in [3.63, 3.8) is 0 Å². The van der Waals surface area contributed by atoms with Crippen molar-refractivity contribution in [3.8, 4) is 5.75 Å². The standard InChI is InChI=1S/C19H21FN2O2/c1-13-4-3-5-17(20)18(13)21-19(23)22-11-10-15(12-22)14-6-8-16(24-2)9-7-14/h3-9,15H,10-12H2,1-2H3,(H,21,23)/t15-/m0/s1. The van der Waals surface area contributed by atoms with Crippen LogP contribution in [0.4, 0.5) is 14.9 Å². The summed E-state index contributed by atoms with van der Waals surface area (Å²) in [6.45, 7) is 3.07. The molecule has 4 nitrogen and oxygen atoms in total. The summed E-state index contributed by atoms with van der Waals surface area (Å²) < 4.78 is 19.0. The summed E-state index contributed by atoms with van der Waals surface area (Å²) in [6, 6.07) is 12.4. The number of urea groups is 1. The molecule has 3 rings (SSSR count). The van der Waals surface area contributed by atoms with Gasteiger partial charge in [0.1, 0.15) is 11.6 Å². The van der Waals surface area contributed by atoms with Crippen LogP contribution in [-0.2, 0) is 0 Å². The lowest BCUT2D eigenvalue weighted by Gasteiger charge is -2.19. The van der Waals surface area contributed by atoms with E-state index in [0.29, 0.717) is 24.6 Å². The quantitative estimate of drug-likeness (QED) is 0.919. The Morgan fingerprint density at radius 1 is 1.25 bits per heavy atom. The molecule has 1 atom stereocenters. The number of nitrogens with one attached hydrogen (secondary N) is 1. The number of carbonyl (C=O) groups excluding carboxylic acids is 1. The molecule has 0 radical (unpaired) electrons. The number of aryl methyl sites for hydroxylation is 1. The average Bonchev–Trinajstić information content (AvgIpc) is 3.08. The van der Waals surface area contributed by atoms with Gasteiger partial charge in [0.2, 0.25) is 0 Å². The number of halogens is 1. The van der Waals surface area contributed by atoms with Gasteiger partial charge in [-0.25, -0.2) is 9.18 Å². The Labute approximate surface area is 141 Å². The maximum absolute atomic E-state index is 13.9. The minimum atomic E-state index is -0.408. The van der Waals surface area contributed by atoms with Crippen LogP contribution in [-0.4, -0.2) is 31.1 Å². The second-order valence-corrected chi connectivity index (χ2v) is 6.07. The molecule has 2 aromatic carbocycles. The molecule has 1 fully saturated rings. The summed E-state index contributed by atoms with van der Waals surface area (Å²) >= 11 is 0. The Balaban J connectivity index is 1.65. The zero-order valence-corrected chi connectivity index (χ0v) is 13.9. The second-order valence-electron chi connectivity index (χ2n) is 6.07. The third kappa shape index (κ3) is 3.35. The number of likely N-dealkylation sites (tertiary alicyclic amines) is 1. The molecule has 1 aliphatic heterocycles. The highest BCUT2D eigenvalue weighted by Crippen LogP contribution is 2.29. The number of amides is 2. The molecule has 1 aliphatic rings. The lowest BCUT2D eigenvalue weighted by atomic mass is 9.98. The molecule has 126 valence electrons. The maximum atomic E-state index is 13.9. The van der Waals surface area contributed by atoms with Gasteiger partial charge in [0.25, 0.3) is 0 Å². The van der Waals surface area contributed by atoms with Crippen LogP contribution in [0.5, 0.6) is 5.75 Å². The van der Waals surface area contributed by atoms with Gasteiger partial charge in [0.05, 0.1) is 12.8 Å². The molecule has 2 amide bonds. The zero-order valence-electron chi connectivity index (χ0n) is 13.9. The number of para-hydroxylation sites is 1. The molecule has 2 aromatic rings. The minimum absolute atomic E-state index is 0.251. The van der Waals surface area contributed by atoms with Crippen molar-refractivity contribution in [3.05, 3.63) is 59.4 Å². The van der Waals surface area contributed by atoms with Crippen LogP contribution in [0.3, 0.4) is 0 Å². The molecule has 0 aromatic heterocycles. The fourth-order valence-corrected chi connectivity index (χ4v) is 3.07. The first-order chi connectivity index (χ1) is 11.6. The van der Waals surface area contributed by atoms with E-state index >= 15 is 0 Å². The molecule has 1 heterocycles. The summed E-state index contributed by atoms with van der Waals surface area (Å²) in [7, 11) is 1.64. The number of methoxy groups -OCH3 is 1. The summed E-state index contributed by atoms with van der Waals surface area (Å²) in [6.07, 6.45) is 0.899. The van der Waals surface area contributed by atoms with Crippen LogP contribution < -0.4 is 10.1 Å². The third-order valence-electron chi connectivity index (χ3n) is 4.52. The van der Waals surface area contributed by atoms with Gasteiger partial charge in [-0.2, -0.15) is 0 Å². The van der Waals surface area contributed by atoms with Crippen LogP contribution in [0, 0.1) is 12.7 Å². The predicted molar refractivity (Wildman–Crippen MR) is 92.1 cm³/mol. The second kappa shape index (κ2) is 6.91. The van der Waals surface area contributed by atoms with Crippen molar-refractivity contribution in [2.75, 3.05) is 25.5 Å². The lowest BCUT2D eigenvalue weighted by molar-refractivity contribution is 0.222. The predicted octanol–water partition coefficient (Wildman–Crippen LogP) is 4.16. The SMILES string of the molecule is COc1ccc([C@H]2CCN(C(=O)Nc3c(C)cccc3F)C2)cc1. The van der Waals surface area contributed by atoms with E-state index in [1.165, 1.54) is 11.6 Å². The lowest BCUT2D eigenvalue weighted by Crippen LogP contribution is -2.33. The highest BCUT2D eigenvalue weighted by molar-refractivity contribution is 5.90. The normalized spacial score (nSPS) is 17.0. The fraction of sp³-hybridized carbons (Fsp3) is 0.316. The van der Waals surface area contributed by atoms with Crippen LogP contribution in [0.25, 0.3) is 0 Å². The Bertz CT molecular complexity index is 710. The van der Waals surface area contributed by atoms with E-state index in [0.717, 1.165) is 12.2 Å². The number of nitrogens with zero attached hydrogens (tertiary/aromatic N) is 1. The highest BCUT2D eigenvalue weighted by Gasteiger charge is 2.28. The van der Waals surface area contributed by atoms with Gasteiger partial charge in [-0.1, -0.05) is 24.3 Å². The van der Waals surface area contributed by atoms with Gasteiger partial charge < -0.3 is 15.0 Å². The number of anilines is 1. The van der Waals surface area contributed by atoms with Crippen molar-refractivity contribution < 1.29 is 13.9 Å². The van der Waals surface area contributed by atoms with Crippen LogP contribution in [0.15, 0.2) is 42.5 Å². The molecular weight excluding hydrogens is 307 g/mol. The Hall–Kier alpha value is -2.56. The van der Waals surface area contributed by atoms with Crippen LogP contribution in [0.1, 0.15) is 23.5 Å². The van der Waals surface area contributed by atoms with Gasteiger partial charge in [-0.15, -0.1) is 0 Å². The largest absolute Gasteiger partial charge is 0.497 e. The first-order valence-electron chi connectivity index (χ1n) is 8.03. The first kappa shape index (κ1) is 16.3. The van der Waals surface area contributed by atoms with E-state index in [9.17, 15) is 9.18 Å². The number of hydrogen-bond acceptors (Lipinski definition) is 2. The molecule has 0 bridgehead atoms. The Kier molecular flexibility index (Phi) is 4.69. The van der Waals surface area contributed by atoms with Crippen molar-refractivity contribution in [1.82, 2.24) is 4.90 Å². The van der Waals surface area contributed by atoms with E-state index in [1.54, 1.807) is 31.1 Å². The Morgan fingerprint density at radius 3 is 2.67 bits per heavy atom. The van der Waals surface area contributed by atoms with Gasteiger partial charge in [-0.05, 0) is 42.7 Å². The van der Waals surface area contributed by atoms with Crippen molar-refractivity contribution >= 4 is 11.7 Å². The highest BCUT2D eigenvalue weighted by atomic mass is 19.1. The van der Waals surface area contributed by atoms with E-state index in [4.69, 9.17) is 4.74 Å². The molecular formula is C19H21FN2O2. The molecule has 0 saturated carbocycles. The van der Waals surface area contributed by atoms with E-state index in [2.05, 4.69) is 5.32 Å². The van der Waals surface area contributed by atoms with Gasteiger partial charge >= 0.3 is 6.03 Å². The monoisotopic (exact) mass is 328 g/mol. The number of carbonyl (C=O) groups is 1. The number of hydrogen-bond donors (Lipinski definition) is 1. The number of benzene rings is 2. The van der Waals surface area contributed by atoms with Crippen molar-refractivity contribution in [2.24, 2.45) is 0 Å². The Morgan fingerprint density at radius 2 is 2.00 bits per heavy atom. The van der Waals surface area contributed by atoms with Gasteiger partial charge in [0.15, 0.2) is 0 Å². The van der Waals surface area contributed by atoms with Crippen LogP contribution >= 0.6 is 0 Å². The fourth-order valence-electron chi connectivity index (χ4n) is 3.07. The van der Waals surface area contributed by atoms with Crippen molar-refractivity contribution in [2.45, 2.75) is 19.3 Å². The summed E-state index contributed by atoms with van der Waals surface area (Å²) in [5.41, 5.74) is 2.16. The van der Waals surface area contributed by atoms with E-state index < -0.39 is 5.82 Å². The minimum Gasteiger partial charge on any atom is -0.497 e. The molecule has 24 heavy (non-hydrogen) atoms. The smallest absolute Gasteiger partial charge is 0.321 e. The van der Waals surface area contributed by atoms with Crippen molar-refractivity contribution in [1.29, 1.82) is 0 Å². The number of ether oxygens (including phenoxy) is 1. The molecule has 0 unspecified atom stereocenters. The molecule has 1 N–H and O–H groups in total. The zero-order chi connectivity index (χ0) is 17.1. The third-order valence-corrected chi connectivity index (χ3v) is 4.52. The summed E-state index contributed by atoms with van der Waals surface area (Å²) in [4.78, 5) is 14.2. The molecule has 5 heteroatoms. The summed E-state index contributed by atoms with van der Waals surface area (Å²) in [5.74, 6) is 0.707. The molecule has 1 saturated heterocycles. The topological polar surface area (TPSA) is 41.6 Å². The first-order valence-corrected chi connectivity index (χ1v) is 8.03. The van der Waals surface area contributed by atoms with E-state index in [-0.39, 0.29) is 11.7 Å². The molecule has 0 spiro atoms. The maximum Gasteiger partial charge on any atom is 0.321 e. The van der Waals surface area contributed by atoms with Crippen LogP contribution in [0.2, 0.25) is 0 Å². The van der Waals surface area contributed by atoms with E-state index in [1.807, 2.05) is 24.3 Å².